The van der Waals surface area contributed by atoms with Crippen molar-refractivity contribution in [2.24, 2.45) is 0 Å². The van der Waals surface area contributed by atoms with Crippen molar-refractivity contribution in [3.8, 4) is 0 Å². The van der Waals surface area contributed by atoms with E-state index in [4.69, 9.17) is 4.74 Å². The third-order valence-corrected chi connectivity index (χ3v) is 5.78. The molecule has 0 aromatic heterocycles. The van der Waals surface area contributed by atoms with E-state index in [1.165, 1.54) is 37.4 Å². The standard InChI is InChI=1S/C19H21NO6S/c1-12-10-13(2)17(11-16(12)19(22)23)20-18(21)14-4-6-15(7-5-14)27(24,25)9-8-26-3/h4-7,10-11H,8-9H2,1-3H3,(H,20,21)(H,22,23). The van der Waals surface area contributed by atoms with Crippen LogP contribution < -0.4 is 5.32 Å². The Morgan fingerprint density at radius 1 is 1.07 bits per heavy atom. The van der Waals surface area contributed by atoms with Crippen LogP contribution in [0.1, 0.15) is 31.8 Å². The Balaban J connectivity index is 2.22. The number of carboxylic acid groups (broad SMARTS) is 1. The van der Waals surface area contributed by atoms with Gasteiger partial charge in [-0.3, -0.25) is 4.79 Å². The van der Waals surface area contributed by atoms with Crippen LogP contribution in [-0.2, 0) is 14.6 Å². The SMILES string of the molecule is COCCS(=O)(=O)c1ccc(C(=O)Nc2cc(C(=O)O)c(C)cc2C)cc1. The maximum Gasteiger partial charge on any atom is 0.336 e. The van der Waals surface area contributed by atoms with Crippen molar-refractivity contribution in [3.63, 3.8) is 0 Å². The number of carbonyl (C=O) groups excluding carboxylic acids is 1. The number of carboxylic acids is 1. The average Bonchev–Trinajstić information content (AvgIpc) is 2.62. The molecule has 0 atom stereocenters. The molecule has 0 saturated heterocycles. The minimum atomic E-state index is -3.47. The van der Waals surface area contributed by atoms with E-state index in [1.807, 2.05) is 0 Å². The average molecular weight is 391 g/mol. The molecule has 0 bridgehead atoms. The van der Waals surface area contributed by atoms with Crippen molar-refractivity contribution in [1.29, 1.82) is 0 Å². The fourth-order valence-electron chi connectivity index (χ4n) is 2.54. The van der Waals surface area contributed by atoms with Gasteiger partial charge in [-0.1, -0.05) is 6.07 Å². The molecule has 7 nitrogen and oxygen atoms in total. The summed E-state index contributed by atoms with van der Waals surface area (Å²) in [5, 5.41) is 11.9. The van der Waals surface area contributed by atoms with E-state index >= 15 is 0 Å². The molecule has 144 valence electrons. The first kappa shape index (κ1) is 20.6. The van der Waals surface area contributed by atoms with E-state index in [9.17, 15) is 23.1 Å². The number of benzene rings is 2. The zero-order chi connectivity index (χ0) is 20.2. The molecule has 0 aliphatic rings. The lowest BCUT2D eigenvalue weighted by atomic mass is 10.0. The van der Waals surface area contributed by atoms with Crippen LogP contribution in [0.5, 0.6) is 0 Å². The smallest absolute Gasteiger partial charge is 0.336 e. The Morgan fingerprint density at radius 3 is 2.26 bits per heavy atom. The maximum absolute atomic E-state index is 12.4. The molecule has 8 heteroatoms. The lowest BCUT2D eigenvalue weighted by Gasteiger charge is -2.12. The van der Waals surface area contributed by atoms with Crippen molar-refractivity contribution >= 4 is 27.4 Å². The Kier molecular flexibility index (Phi) is 6.35. The van der Waals surface area contributed by atoms with Gasteiger partial charge in [0, 0.05) is 18.4 Å². The van der Waals surface area contributed by atoms with Crippen LogP contribution in [0, 0.1) is 13.8 Å². The van der Waals surface area contributed by atoms with Crippen LogP contribution in [-0.4, -0.2) is 44.9 Å². The summed E-state index contributed by atoms with van der Waals surface area (Å²) in [7, 11) is -2.05. The number of sulfone groups is 1. The second-order valence-electron chi connectivity index (χ2n) is 6.08. The van der Waals surface area contributed by atoms with Crippen LogP contribution in [0.25, 0.3) is 0 Å². The Bertz CT molecular complexity index is 964. The molecule has 0 radical (unpaired) electrons. The second-order valence-corrected chi connectivity index (χ2v) is 8.19. The van der Waals surface area contributed by atoms with Gasteiger partial charge in [-0.2, -0.15) is 0 Å². The fourth-order valence-corrected chi connectivity index (χ4v) is 3.71. The van der Waals surface area contributed by atoms with Gasteiger partial charge in [-0.15, -0.1) is 0 Å². The van der Waals surface area contributed by atoms with Crippen LogP contribution in [0.15, 0.2) is 41.3 Å². The summed E-state index contributed by atoms with van der Waals surface area (Å²) >= 11 is 0. The molecule has 2 rings (SSSR count). The van der Waals surface area contributed by atoms with Gasteiger partial charge in [-0.05, 0) is 55.3 Å². The third-order valence-electron chi connectivity index (χ3n) is 4.08. The lowest BCUT2D eigenvalue weighted by Crippen LogP contribution is -2.15. The molecule has 0 spiro atoms. The van der Waals surface area contributed by atoms with Gasteiger partial charge in [0.1, 0.15) is 0 Å². The monoisotopic (exact) mass is 391 g/mol. The van der Waals surface area contributed by atoms with Crippen molar-refractivity contribution in [2.75, 3.05) is 24.8 Å². The van der Waals surface area contributed by atoms with Crippen molar-refractivity contribution in [1.82, 2.24) is 0 Å². The molecule has 0 fully saturated rings. The quantitative estimate of drug-likeness (QED) is 0.751. The molecule has 0 heterocycles. The number of amides is 1. The second kappa shape index (κ2) is 8.32. The number of hydrogen-bond acceptors (Lipinski definition) is 5. The van der Waals surface area contributed by atoms with E-state index in [-0.39, 0.29) is 28.4 Å². The zero-order valence-corrected chi connectivity index (χ0v) is 16.1. The minimum Gasteiger partial charge on any atom is -0.478 e. The summed E-state index contributed by atoms with van der Waals surface area (Å²) in [5.74, 6) is -1.68. The number of carbonyl (C=O) groups is 2. The van der Waals surface area contributed by atoms with Gasteiger partial charge >= 0.3 is 5.97 Å². The number of methoxy groups -OCH3 is 1. The number of aromatic carboxylic acids is 1. The normalized spacial score (nSPS) is 11.2. The highest BCUT2D eigenvalue weighted by Gasteiger charge is 2.16. The predicted octanol–water partition coefficient (Wildman–Crippen LogP) is 2.67. The maximum atomic E-state index is 12.4. The van der Waals surface area contributed by atoms with Crippen LogP contribution in [0.3, 0.4) is 0 Å². The highest BCUT2D eigenvalue weighted by molar-refractivity contribution is 7.91. The Labute approximate surface area is 157 Å². The molecular formula is C19H21NO6S. The Morgan fingerprint density at radius 2 is 1.70 bits per heavy atom. The summed E-state index contributed by atoms with van der Waals surface area (Å²) in [6.45, 7) is 3.54. The largest absolute Gasteiger partial charge is 0.478 e. The van der Waals surface area contributed by atoms with Crippen LogP contribution in [0.4, 0.5) is 5.69 Å². The molecule has 0 saturated carbocycles. The molecule has 0 unspecified atom stereocenters. The molecule has 2 aromatic carbocycles. The third kappa shape index (κ3) is 4.93. The summed E-state index contributed by atoms with van der Waals surface area (Å²) < 4.78 is 29.0. The molecule has 1 amide bonds. The summed E-state index contributed by atoms with van der Waals surface area (Å²) in [6, 6.07) is 8.65. The number of ether oxygens (including phenoxy) is 1. The summed E-state index contributed by atoms with van der Waals surface area (Å²) in [4.78, 5) is 23.8. The topological polar surface area (TPSA) is 110 Å². The van der Waals surface area contributed by atoms with Gasteiger partial charge in [0.25, 0.3) is 5.91 Å². The number of nitrogens with one attached hydrogen (secondary N) is 1. The van der Waals surface area contributed by atoms with E-state index in [0.29, 0.717) is 11.3 Å². The number of hydrogen-bond donors (Lipinski definition) is 2. The predicted molar refractivity (Wildman–Crippen MR) is 101 cm³/mol. The summed E-state index contributed by atoms with van der Waals surface area (Å²) in [5.41, 5.74) is 2.08. The highest BCUT2D eigenvalue weighted by Crippen LogP contribution is 2.22. The van der Waals surface area contributed by atoms with E-state index in [1.54, 1.807) is 19.9 Å². The van der Waals surface area contributed by atoms with Crippen molar-refractivity contribution < 1.29 is 27.9 Å². The first-order valence-electron chi connectivity index (χ1n) is 8.13. The molecule has 27 heavy (non-hydrogen) atoms. The zero-order valence-electron chi connectivity index (χ0n) is 15.3. The lowest BCUT2D eigenvalue weighted by molar-refractivity contribution is 0.0695. The molecular weight excluding hydrogens is 370 g/mol. The fraction of sp³-hybridized carbons (Fsp3) is 0.263. The van der Waals surface area contributed by atoms with Gasteiger partial charge in [0.05, 0.1) is 22.8 Å². The highest BCUT2D eigenvalue weighted by atomic mass is 32.2. The van der Waals surface area contributed by atoms with Gasteiger partial charge in [-0.25, -0.2) is 13.2 Å². The molecule has 0 aliphatic carbocycles. The van der Waals surface area contributed by atoms with Crippen molar-refractivity contribution in [3.05, 3.63) is 58.7 Å². The Hall–Kier alpha value is -2.71. The van der Waals surface area contributed by atoms with Gasteiger partial charge in [0.15, 0.2) is 9.84 Å². The summed E-state index contributed by atoms with van der Waals surface area (Å²) in [6.07, 6.45) is 0. The number of anilines is 1. The van der Waals surface area contributed by atoms with Crippen LogP contribution in [0.2, 0.25) is 0 Å². The molecule has 2 N–H and O–H groups in total. The van der Waals surface area contributed by atoms with E-state index in [2.05, 4.69) is 5.32 Å². The number of aryl methyl sites for hydroxylation is 2. The van der Waals surface area contributed by atoms with Gasteiger partial charge < -0.3 is 15.2 Å². The first-order valence-corrected chi connectivity index (χ1v) is 9.78. The molecule has 2 aromatic rings. The van der Waals surface area contributed by atoms with Crippen LogP contribution >= 0.6 is 0 Å². The van der Waals surface area contributed by atoms with Crippen molar-refractivity contribution in [2.45, 2.75) is 18.7 Å². The van der Waals surface area contributed by atoms with Gasteiger partial charge in [0.2, 0.25) is 0 Å². The number of rotatable bonds is 7. The minimum absolute atomic E-state index is 0.0865. The molecule has 0 aliphatic heterocycles. The van der Waals surface area contributed by atoms with E-state index < -0.39 is 21.7 Å². The first-order chi connectivity index (χ1) is 12.7. The van der Waals surface area contributed by atoms with E-state index in [0.717, 1.165) is 5.56 Å².